The Morgan fingerprint density at radius 3 is 3.00 bits per heavy atom. The molecule has 0 amide bonds. The van der Waals surface area contributed by atoms with Crippen molar-refractivity contribution in [3.63, 3.8) is 0 Å². The van der Waals surface area contributed by atoms with Crippen LogP contribution in [0, 0.1) is 0 Å². The molecule has 0 saturated carbocycles. The molecule has 2 aromatic rings. The van der Waals surface area contributed by atoms with E-state index in [1.54, 1.807) is 10.4 Å². The molecular weight excluding hydrogens is 268 g/mol. The van der Waals surface area contributed by atoms with Crippen molar-refractivity contribution >= 4 is 11.3 Å². The molecule has 0 bridgehead atoms. The quantitative estimate of drug-likeness (QED) is 0.657. The van der Waals surface area contributed by atoms with Crippen molar-refractivity contribution in [2.24, 2.45) is 12.9 Å². The minimum atomic E-state index is 0.250. The first-order valence-corrected chi connectivity index (χ1v) is 8.14. The van der Waals surface area contributed by atoms with Gasteiger partial charge in [-0.1, -0.05) is 0 Å². The average Bonchev–Trinajstić information content (AvgIpc) is 3.06. The molecular formula is C15H22N4S. The van der Waals surface area contributed by atoms with Crippen LogP contribution >= 0.6 is 11.3 Å². The van der Waals surface area contributed by atoms with Crippen molar-refractivity contribution in [2.75, 3.05) is 0 Å². The molecule has 0 fully saturated rings. The van der Waals surface area contributed by atoms with E-state index in [0.717, 1.165) is 12.8 Å². The van der Waals surface area contributed by atoms with Gasteiger partial charge in [-0.3, -0.25) is 16.0 Å². The van der Waals surface area contributed by atoms with Crippen LogP contribution in [-0.4, -0.2) is 9.78 Å². The number of hydrazine groups is 1. The normalized spacial score (nSPS) is 16.1. The fraction of sp³-hybridized carbons (Fsp3) is 0.533. The Morgan fingerprint density at radius 1 is 1.45 bits per heavy atom. The van der Waals surface area contributed by atoms with Crippen molar-refractivity contribution in [3.8, 4) is 0 Å². The van der Waals surface area contributed by atoms with Gasteiger partial charge in [0.05, 0.1) is 6.04 Å². The first-order chi connectivity index (χ1) is 9.78. The van der Waals surface area contributed by atoms with E-state index >= 15 is 0 Å². The molecule has 3 rings (SSSR count). The third kappa shape index (κ3) is 2.80. The first kappa shape index (κ1) is 13.8. The van der Waals surface area contributed by atoms with Gasteiger partial charge in [0.15, 0.2) is 0 Å². The van der Waals surface area contributed by atoms with Crippen LogP contribution in [0.1, 0.15) is 46.3 Å². The lowest BCUT2D eigenvalue weighted by Gasteiger charge is -2.14. The maximum atomic E-state index is 5.77. The Bertz CT molecular complexity index is 549. The lowest BCUT2D eigenvalue weighted by Crippen LogP contribution is -2.28. The molecule has 20 heavy (non-hydrogen) atoms. The Balaban J connectivity index is 1.70. The predicted octanol–water partition coefficient (Wildman–Crippen LogP) is 2.50. The zero-order chi connectivity index (χ0) is 13.9. The van der Waals surface area contributed by atoms with Crippen LogP contribution in [0.25, 0.3) is 0 Å². The van der Waals surface area contributed by atoms with E-state index in [-0.39, 0.29) is 6.04 Å². The molecule has 1 aliphatic rings. The second-order valence-corrected chi connectivity index (χ2v) is 6.68. The summed E-state index contributed by atoms with van der Waals surface area (Å²) in [6.45, 7) is 0. The highest BCUT2D eigenvalue weighted by Crippen LogP contribution is 2.34. The smallest absolute Gasteiger partial charge is 0.0557 e. The number of aryl methyl sites for hydroxylation is 4. The molecule has 4 nitrogen and oxygen atoms in total. The van der Waals surface area contributed by atoms with Crippen molar-refractivity contribution in [3.05, 3.63) is 39.3 Å². The second-order valence-electron chi connectivity index (χ2n) is 5.51. The zero-order valence-electron chi connectivity index (χ0n) is 11.9. The second kappa shape index (κ2) is 6.08. The number of hydrogen-bond acceptors (Lipinski definition) is 4. The Labute approximate surface area is 124 Å². The van der Waals surface area contributed by atoms with Gasteiger partial charge in [-0.15, -0.1) is 11.3 Å². The van der Waals surface area contributed by atoms with Crippen molar-refractivity contribution in [1.82, 2.24) is 15.2 Å². The number of nitrogens with two attached hydrogens (primary N) is 1. The molecule has 0 saturated heterocycles. The average molecular weight is 290 g/mol. The summed E-state index contributed by atoms with van der Waals surface area (Å²) in [5, 5.41) is 4.21. The minimum Gasteiger partial charge on any atom is -0.273 e. The van der Waals surface area contributed by atoms with Crippen LogP contribution in [0.3, 0.4) is 0 Å². The molecule has 1 atom stereocenters. The van der Waals surface area contributed by atoms with E-state index in [0.29, 0.717) is 0 Å². The van der Waals surface area contributed by atoms with Crippen molar-refractivity contribution in [2.45, 2.75) is 44.6 Å². The monoisotopic (exact) mass is 290 g/mol. The molecule has 108 valence electrons. The molecule has 1 unspecified atom stereocenters. The number of nitrogens with zero attached hydrogens (tertiary/aromatic N) is 2. The highest BCUT2D eigenvalue weighted by molar-refractivity contribution is 7.12. The lowest BCUT2D eigenvalue weighted by molar-refractivity contribution is 0.513. The van der Waals surface area contributed by atoms with Gasteiger partial charge < -0.3 is 0 Å². The maximum absolute atomic E-state index is 5.77. The number of hydrogen-bond donors (Lipinski definition) is 2. The van der Waals surface area contributed by atoms with Gasteiger partial charge in [-0.05, 0) is 56.2 Å². The molecule has 0 spiro atoms. The standard InChI is InChI=1S/C15H22N4S/c1-19-12(8-9-17-19)6-7-13(18-16)15-10-11-4-2-3-5-14(11)20-15/h8-10,13,18H,2-7,16H2,1H3. The van der Waals surface area contributed by atoms with Gasteiger partial charge in [0.1, 0.15) is 0 Å². The highest BCUT2D eigenvalue weighted by atomic mass is 32.1. The van der Waals surface area contributed by atoms with E-state index in [1.807, 2.05) is 29.3 Å². The van der Waals surface area contributed by atoms with E-state index in [4.69, 9.17) is 5.84 Å². The third-order valence-corrected chi connectivity index (χ3v) is 5.52. The molecule has 1 aliphatic carbocycles. The van der Waals surface area contributed by atoms with Crippen LogP contribution in [0.5, 0.6) is 0 Å². The van der Waals surface area contributed by atoms with Crippen LogP contribution in [0.4, 0.5) is 0 Å². The van der Waals surface area contributed by atoms with Crippen LogP contribution in [0.15, 0.2) is 18.3 Å². The number of rotatable bonds is 5. The van der Waals surface area contributed by atoms with E-state index in [9.17, 15) is 0 Å². The molecule has 3 N–H and O–H groups in total. The maximum Gasteiger partial charge on any atom is 0.0557 e. The topological polar surface area (TPSA) is 55.9 Å². The fourth-order valence-corrected chi connectivity index (χ4v) is 4.28. The largest absolute Gasteiger partial charge is 0.273 e. The van der Waals surface area contributed by atoms with Crippen LogP contribution in [-0.2, 0) is 26.3 Å². The summed E-state index contributed by atoms with van der Waals surface area (Å²) < 4.78 is 1.94. The molecule has 2 heterocycles. The van der Waals surface area contributed by atoms with Gasteiger partial charge in [0, 0.05) is 28.7 Å². The summed E-state index contributed by atoms with van der Waals surface area (Å²) in [5.74, 6) is 5.77. The SMILES string of the molecule is Cn1nccc1CCC(NN)c1cc2c(s1)CCCC2. The van der Waals surface area contributed by atoms with E-state index in [1.165, 1.54) is 36.3 Å². The summed E-state index contributed by atoms with van der Waals surface area (Å²) in [6.07, 6.45) is 9.01. The first-order valence-electron chi connectivity index (χ1n) is 7.32. The number of fused-ring (bicyclic) bond motifs is 1. The summed E-state index contributed by atoms with van der Waals surface area (Å²) in [6, 6.07) is 4.69. The molecule has 0 radical (unpaired) electrons. The number of nitrogens with one attached hydrogen (secondary N) is 1. The molecule has 5 heteroatoms. The van der Waals surface area contributed by atoms with Crippen LogP contribution in [0.2, 0.25) is 0 Å². The van der Waals surface area contributed by atoms with Gasteiger partial charge in [0.25, 0.3) is 0 Å². The molecule has 0 aromatic carbocycles. The van der Waals surface area contributed by atoms with Crippen molar-refractivity contribution in [1.29, 1.82) is 0 Å². The lowest BCUT2D eigenvalue weighted by atomic mass is 9.98. The number of aromatic nitrogens is 2. The highest BCUT2D eigenvalue weighted by Gasteiger charge is 2.18. The third-order valence-electron chi connectivity index (χ3n) is 4.17. The summed E-state index contributed by atoms with van der Waals surface area (Å²) >= 11 is 1.94. The Morgan fingerprint density at radius 2 is 2.30 bits per heavy atom. The van der Waals surface area contributed by atoms with Gasteiger partial charge in [-0.25, -0.2) is 0 Å². The number of thiophene rings is 1. The Hall–Kier alpha value is -1.17. The van der Waals surface area contributed by atoms with Crippen LogP contribution < -0.4 is 11.3 Å². The van der Waals surface area contributed by atoms with Gasteiger partial charge in [-0.2, -0.15) is 5.10 Å². The zero-order valence-corrected chi connectivity index (χ0v) is 12.7. The molecule has 2 aromatic heterocycles. The van der Waals surface area contributed by atoms with E-state index in [2.05, 4.69) is 22.7 Å². The summed E-state index contributed by atoms with van der Waals surface area (Å²) in [4.78, 5) is 2.97. The van der Waals surface area contributed by atoms with Crippen molar-refractivity contribution < 1.29 is 0 Å². The summed E-state index contributed by atoms with van der Waals surface area (Å²) in [7, 11) is 1.99. The van der Waals surface area contributed by atoms with E-state index < -0.39 is 0 Å². The molecule has 0 aliphatic heterocycles. The predicted molar refractivity (Wildman–Crippen MR) is 82.6 cm³/mol. The Kier molecular flexibility index (Phi) is 4.19. The minimum absolute atomic E-state index is 0.250. The van der Waals surface area contributed by atoms with Gasteiger partial charge >= 0.3 is 0 Å². The fourth-order valence-electron chi connectivity index (χ4n) is 2.93. The summed E-state index contributed by atoms with van der Waals surface area (Å²) in [5.41, 5.74) is 5.80. The van der Waals surface area contributed by atoms with Gasteiger partial charge in [0.2, 0.25) is 0 Å².